The number of hydrogen-bond donors (Lipinski definition) is 2. The molecule has 0 radical (unpaired) electrons. The molecule has 0 aliphatic rings. The van der Waals surface area contributed by atoms with Crippen LogP contribution < -0.4 is 0 Å². The topological polar surface area (TPSA) is 40.5 Å². The van der Waals surface area contributed by atoms with E-state index in [0.29, 0.717) is 0 Å². The molecule has 0 amide bonds. The van der Waals surface area contributed by atoms with Gasteiger partial charge in [-0.05, 0) is 12.8 Å². The fraction of sp³-hybridized carbons (Fsp3) is 1.00. The highest BCUT2D eigenvalue weighted by atomic mass is 16.3. The minimum Gasteiger partial charge on any atom is -0.390 e. The van der Waals surface area contributed by atoms with Crippen molar-refractivity contribution in [3.63, 3.8) is 0 Å². The molecule has 0 aromatic rings. The van der Waals surface area contributed by atoms with Crippen LogP contribution in [0.5, 0.6) is 0 Å². The normalized spacial score (nSPS) is 14.3. The molecule has 2 nitrogen and oxygen atoms in total. The van der Waals surface area contributed by atoms with Gasteiger partial charge in [0, 0.05) is 0 Å². The highest BCUT2D eigenvalue weighted by Crippen LogP contribution is 2.15. The Morgan fingerprint density at radius 1 is 0.476 bits per heavy atom. The van der Waals surface area contributed by atoms with E-state index in [0.717, 1.165) is 25.7 Å². The van der Waals surface area contributed by atoms with E-state index in [9.17, 15) is 10.2 Å². The maximum absolute atomic E-state index is 9.95. The zero-order chi connectivity index (χ0) is 15.8. The maximum atomic E-state index is 9.95. The molecular weight excluding hydrogens is 260 g/mol. The first-order chi connectivity index (χ1) is 10.2. The molecule has 2 N–H and O–H groups in total. The second-order valence-electron chi connectivity index (χ2n) is 6.60. The van der Waals surface area contributed by atoms with Crippen LogP contribution in [0.4, 0.5) is 0 Å². The van der Waals surface area contributed by atoms with E-state index in [4.69, 9.17) is 0 Å². The number of aliphatic hydroxyl groups is 2. The molecule has 0 saturated heterocycles. The van der Waals surface area contributed by atoms with Crippen molar-refractivity contribution in [3.8, 4) is 0 Å². The second kappa shape index (κ2) is 16.3. The van der Waals surface area contributed by atoms with Crippen LogP contribution in [-0.2, 0) is 0 Å². The molecule has 0 aliphatic heterocycles. The minimum atomic E-state index is -0.503. The second-order valence-corrected chi connectivity index (χ2v) is 6.60. The third-order valence-corrected chi connectivity index (χ3v) is 4.40. The van der Waals surface area contributed by atoms with Gasteiger partial charge in [0.25, 0.3) is 0 Å². The zero-order valence-corrected chi connectivity index (χ0v) is 14.7. The van der Waals surface area contributed by atoms with E-state index in [-0.39, 0.29) is 0 Å². The van der Waals surface area contributed by atoms with Crippen molar-refractivity contribution in [1.82, 2.24) is 0 Å². The Balaban J connectivity index is 3.34. The summed E-state index contributed by atoms with van der Waals surface area (Å²) in [5.74, 6) is 0. The molecule has 2 heteroatoms. The van der Waals surface area contributed by atoms with Crippen molar-refractivity contribution in [2.45, 2.75) is 122 Å². The first kappa shape index (κ1) is 20.9. The molecule has 0 aromatic carbocycles. The predicted octanol–water partition coefficient (Wildman–Crippen LogP) is 5.60. The van der Waals surface area contributed by atoms with E-state index in [2.05, 4.69) is 13.8 Å². The largest absolute Gasteiger partial charge is 0.390 e. The molecule has 0 rings (SSSR count). The molecule has 0 spiro atoms. The first-order valence-electron chi connectivity index (χ1n) is 9.58. The lowest BCUT2D eigenvalue weighted by Crippen LogP contribution is -2.25. The van der Waals surface area contributed by atoms with E-state index in [1.165, 1.54) is 70.6 Å². The summed E-state index contributed by atoms with van der Waals surface area (Å²) >= 11 is 0. The van der Waals surface area contributed by atoms with Crippen LogP contribution in [-0.4, -0.2) is 22.4 Å². The van der Waals surface area contributed by atoms with Crippen LogP contribution in [0.3, 0.4) is 0 Å². The molecule has 0 heterocycles. The minimum absolute atomic E-state index is 0.503. The summed E-state index contributed by atoms with van der Waals surface area (Å²) in [4.78, 5) is 0. The monoisotopic (exact) mass is 300 g/mol. The Kier molecular flexibility index (Phi) is 16.2. The molecule has 0 aliphatic carbocycles. The molecule has 21 heavy (non-hydrogen) atoms. The van der Waals surface area contributed by atoms with Crippen molar-refractivity contribution in [2.75, 3.05) is 0 Å². The van der Waals surface area contributed by atoms with Crippen LogP contribution in [0.2, 0.25) is 0 Å². The summed E-state index contributed by atoms with van der Waals surface area (Å²) in [7, 11) is 0. The molecule has 128 valence electrons. The fourth-order valence-electron chi connectivity index (χ4n) is 2.83. The van der Waals surface area contributed by atoms with E-state index >= 15 is 0 Å². The van der Waals surface area contributed by atoms with E-state index in [1.54, 1.807) is 0 Å². The number of rotatable bonds is 16. The van der Waals surface area contributed by atoms with Gasteiger partial charge < -0.3 is 10.2 Å². The highest BCUT2D eigenvalue weighted by Gasteiger charge is 2.14. The summed E-state index contributed by atoms with van der Waals surface area (Å²) in [6.07, 6.45) is 16.8. The summed E-state index contributed by atoms with van der Waals surface area (Å²) in [5.41, 5.74) is 0. The van der Waals surface area contributed by atoms with Gasteiger partial charge in [0.05, 0.1) is 12.2 Å². The van der Waals surface area contributed by atoms with Crippen LogP contribution in [0, 0.1) is 0 Å². The lowest BCUT2D eigenvalue weighted by molar-refractivity contribution is 0.00712. The van der Waals surface area contributed by atoms with Crippen molar-refractivity contribution < 1.29 is 10.2 Å². The standard InChI is InChI=1S/C19H40O2/c1-3-5-7-9-11-13-15-17-19(21)18(20)16-14-12-10-8-6-4-2/h18-21H,3-17H2,1-2H3. The van der Waals surface area contributed by atoms with Gasteiger partial charge >= 0.3 is 0 Å². The van der Waals surface area contributed by atoms with E-state index < -0.39 is 12.2 Å². The van der Waals surface area contributed by atoms with Crippen molar-refractivity contribution in [3.05, 3.63) is 0 Å². The lowest BCUT2D eigenvalue weighted by Gasteiger charge is -2.17. The quantitative estimate of drug-likeness (QED) is 0.364. The SMILES string of the molecule is CCCCCCCCCC(O)C(O)CCCCCCCC. The smallest absolute Gasteiger partial charge is 0.0799 e. The fourth-order valence-corrected chi connectivity index (χ4v) is 2.83. The maximum Gasteiger partial charge on any atom is 0.0799 e. The Morgan fingerprint density at radius 3 is 1.10 bits per heavy atom. The van der Waals surface area contributed by atoms with Gasteiger partial charge in [-0.15, -0.1) is 0 Å². The lowest BCUT2D eigenvalue weighted by atomic mass is 9.99. The van der Waals surface area contributed by atoms with Crippen molar-refractivity contribution >= 4 is 0 Å². The summed E-state index contributed by atoms with van der Waals surface area (Å²) in [6, 6.07) is 0. The van der Waals surface area contributed by atoms with Gasteiger partial charge in [0.15, 0.2) is 0 Å². The predicted molar refractivity (Wildman–Crippen MR) is 92.6 cm³/mol. The Hall–Kier alpha value is -0.0800. The van der Waals surface area contributed by atoms with E-state index in [1.807, 2.05) is 0 Å². The van der Waals surface area contributed by atoms with Crippen molar-refractivity contribution in [2.24, 2.45) is 0 Å². The summed E-state index contributed by atoms with van der Waals surface area (Å²) < 4.78 is 0. The third kappa shape index (κ3) is 14.6. The van der Waals surface area contributed by atoms with Crippen LogP contribution in [0.25, 0.3) is 0 Å². The molecule has 0 aromatic heterocycles. The van der Waals surface area contributed by atoms with Gasteiger partial charge in [-0.25, -0.2) is 0 Å². The summed E-state index contributed by atoms with van der Waals surface area (Å²) in [5, 5.41) is 19.9. The van der Waals surface area contributed by atoms with Gasteiger partial charge in [0.1, 0.15) is 0 Å². The highest BCUT2D eigenvalue weighted by molar-refractivity contribution is 4.67. The Labute approximate surface area is 133 Å². The van der Waals surface area contributed by atoms with Crippen molar-refractivity contribution in [1.29, 1.82) is 0 Å². The van der Waals surface area contributed by atoms with Crippen LogP contribution in [0.1, 0.15) is 110 Å². The van der Waals surface area contributed by atoms with Crippen LogP contribution in [0.15, 0.2) is 0 Å². The molecule has 0 fully saturated rings. The van der Waals surface area contributed by atoms with Gasteiger partial charge in [-0.2, -0.15) is 0 Å². The van der Waals surface area contributed by atoms with Gasteiger partial charge in [-0.1, -0.05) is 97.3 Å². The molecule has 0 saturated carbocycles. The van der Waals surface area contributed by atoms with Gasteiger partial charge in [-0.3, -0.25) is 0 Å². The number of unbranched alkanes of at least 4 members (excludes halogenated alkanes) is 11. The Morgan fingerprint density at radius 2 is 0.762 bits per heavy atom. The zero-order valence-electron chi connectivity index (χ0n) is 14.7. The van der Waals surface area contributed by atoms with Gasteiger partial charge in [0.2, 0.25) is 0 Å². The average Bonchev–Trinajstić information content (AvgIpc) is 2.49. The molecular formula is C19H40O2. The third-order valence-electron chi connectivity index (χ3n) is 4.40. The van der Waals surface area contributed by atoms with Crippen LogP contribution >= 0.6 is 0 Å². The number of hydrogen-bond acceptors (Lipinski definition) is 2. The number of aliphatic hydroxyl groups excluding tert-OH is 2. The molecule has 0 bridgehead atoms. The Bertz CT molecular complexity index is 194. The molecule has 2 unspecified atom stereocenters. The first-order valence-corrected chi connectivity index (χ1v) is 9.58. The molecule has 2 atom stereocenters. The summed E-state index contributed by atoms with van der Waals surface area (Å²) in [6.45, 7) is 4.46. The average molecular weight is 301 g/mol.